The Morgan fingerprint density at radius 1 is 1.47 bits per heavy atom. The van der Waals surface area contributed by atoms with Gasteiger partial charge in [0, 0.05) is 30.5 Å². The first-order valence-electron chi connectivity index (χ1n) is 5.08. The molecular weight excluding hydrogens is 188 g/mol. The molecule has 1 atom stereocenters. The average Bonchev–Trinajstić information content (AvgIpc) is 2.83. The van der Waals surface area contributed by atoms with Crippen molar-refractivity contribution in [3.8, 4) is 5.82 Å². The van der Waals surface area contributed by atoms with Crippen LogP contribution in [0, 0.1) is 0 Å². The summed E-state index contributed by atoms with van der Waals surface area (Å²) in [7, 11) is 0. The highest BCUT2D eigenvalue weighted by Gasteiger charge is 2.21. The molecule has 0 saturated carbocycles. The standard InChI is InChI=1S/C11H12N4/c1-8-9-7-15(14-10(9)6-13-8)11-4-2-3-5-12-11/h2-5,7-8,13H,6H2,1H3. The van der Waals surface area contributed by atoms with Crippen LogP contribution < -0.4 is 5.32 Å². The lowest BCUT2D eigenvalue weighted by atomic mass is 10.2. The molecule has 3 heterocycles. The second-order valence-corrected chi connectivity index (χ2v) is 3.77. The number of pyridine rings is 1. The molecule has 1 aliphatic rings. The largest absolute Gasteiger partial charge is 0.304 e. The van der Waals surface area contributed by atoms with Gasteiger partial charge in [-0.2, -0.15) is 5.10 Å². The summed E-state index contributed by atoms with van der Waals surface area (Å²) < 4.78 is 1.85. The van der Waals surface area contributed by atoms with Gasteiger partial charge in [0.1, 0.15) is 0 Å². The molecule has 0 spiro atoms. The highest BCUT2D eigenvalue weighted by atomic mass is 15.3. The van der Waals surface area contributed by atoms with Gasteiger partial charge in [-0.3, -0.25) is 0 Å². The van der Waals surface area contributed by atoms with Gasteiger partial charge in [-0.05, 0) is 19.1 Å². The van der Waals surface area contributed by atoms with Gasteiger partial charge in [0.05, 0.1) is 5.69 Å². The molecule has 1 unspecified atom stereocenters. The van der Waals surface area contributed by atoms with Crippen LogP contribution in [0.25, 0.3) is 5.82 Å². The van der Waals surface area contributed by atoms with Gasteiger partial charge in [-0.25, -0.2) is 9.67 Å². The Kier molecular flexibility index (Phi) is 1.82. The number of fused-ring (bicyclic) bond motifs is 1. The van der Waals surface area contributed by atoms with Gasteiger partial charge in [0.2, 0.25) is 0 Å². The summed E-state index contributed by atoms with van der Waals surface area (Å²) >= 11 is 0. The number of hydrogen-bond acceptors (Lipinski definition) is 3. The van der Waals surface area contributed by atoms with Crippen molar-refractivity contribution in [3.05, 3.63) is 41.9 Å². The molecule has 3 rings (SSSR count). The highest BCUT2D eigenvalue weighted by Crippen LogP contribution is 2.24. The lowest BCUT2D eigenvalue weighted by Crippen LogP contribution is -2.10. The fourth-order valence-electron chi connectivity index (χ4n) is 1.89. The molecule has 0 bridgehead atoms. The van der Waals surface area contributed by atoms with Crippen LogP contribution in [0.1, 0.15) is 24.2 Å². The zero-order valence-corrected chi connectivity index (χ0v) is 8.51. The van der Waals surface area contributed by atoms with E-state index in [-0.39, 0.29) is 0 Å². The molecule has 1 N–H and O–H groups in total. The molecule has 4 nitrogen and oxygen atoms in total. The minimum Gasteiger partial charge on any atom is -0.304 e. The molecule has 2 aromatic rings. The van der Waals surface area contributed by atoms with E-state index in [1.165, 1.54) is 5.56 Å². The summed E-state index contributed by atoms with van der Waals surface area (Å²) in [6.07, 6.45) is 3.84. The zero-order chi connectivity index (χ0) is 10.3. The van der Waals surface area contributed by atoms with Crippen LogP contribution in [0.4, 0.5) is 0 Å². The van der Waals surface area contributed by atoms with E-state index in [9.17, 15) is 0 Å². The lowest BCUT2D eigenvalue weighted by molar-refractivity contribution is 0.616. The van der Waals surface area contributed by atoms with Gasteiger partial charge >= 0.3 is 0 Å². The maximum Gasteiger partial charge on any atom is 0.153 e. The quantitative estimate of drug-likeness (QED) is 0.757. The molecule has 1 aliphatic heterocycles. The smallest absolute Gasteiger partial charge is 0.153 e. The normalized spacial score (nSPS) is 19.1. The number of aromatic nitrogens is 3. The van der Waals surface area contributed by atoms with Crippen molar-refractivity contribution in [2.24, 2.45) is 0 Å². The van der Waals surface area contributed by atoms with Crippen molar-refractivity contribution in [2.45, 2.75) is 19.5 Å². The van der Waals surface area contributed by atoms with Gasteiger partial charge in [-0.15, -0.1) is 0 Å². The monoisotopic (exact) mass is 200 g/mol. The summed E-state index contributed by atoms with van der Waals surface area (Å²) in [6, 6.07) is 6.24. The Morgan fingerprint density at radius 3 is 3.13 bits per heavy atom. The summed E-state index contributed by atoms with van der Waals surface area (Å²) in [5.41, 5.74) is 2.41. The molecule has 0 saturated heterocycles. The van der Waals surface area contributed by atoms with Crippen LogP contribution in [0.2, 0.25) is 0 Å². The summed E-state index contributed by atoms with van der Waals surface area (Å²) in [4.78, 5) is 4.27. The van der Waals surface area contributed by atoms with Crippen LogP contribution in [-0.2, 0) is 6.54 Å². The highest BCUT2D eigenvalue weighted by molar-refractivity contribution is 5.30. The van der Waals surface area contributed by atoms with Crippen molar-refractivity contribution in [1.29, 1.82) is 0 Å². The van der Waals surface area contributed by atoms with E-state index in [1.807, 2.05) is 22.9 Å². The van der Waals surface area contributed by atoms with Gasteiger partial charge in [0.15, 0.2) is 5.82 Å². The third-order valence-corrected chi connectivity index (χ3v) is 2.75. The van der Waals surface area contributed by atoms with Gasteiger partial charge in [-0.1, -0.05) is 6.07 Å². The Bertz CT molecular complexity index is 475. The van der Waals surface area contributed by atoms with Crippen LogP contribution >= 0.6 is 0 Å². The van der Waals surface area contributed by atoms with E-state index >= 15 is 0 Å². The SMILES string of the molecule is CC1NCc2nn(-c3ccccn3)cc21. The van der Waals surface area contributed by atoms with Crippen LogP contribution in [0.15, 0.2) is 30.6 Å². The Hall–Kier alpha value is -1.68. The van der Waals surface area contributed by atoms with Crippen LogP contribution in [0.5, 0.6) is 0 Å². The van der Waals surface area contributed by atoms with Crippen LogP contribution in [-0.4, -0.2) is 14.8 Å². The number of nitrogens with one attached hydrogen (secondary N) is 1. The summed E-state index contributed by atoms with van der Waals surface area (Å²) in [6.45, 7) is 3.01. The first-order valence-corrected chi connectivity index (χ1v) is 5.08. The van der Waals surface area contributed by atoms with E-state index in [2.05, 4.69) is 28.5 Å². The maximum atomic E-state index is 4.50. The molecular formula is C11H12N4. The fraction of sp³-hybridized carbons (Fsp3) is 0.273. The van der Waals surface area contributed by atoms with Crippen LogP contribution in [0.3, 0.4) is 0 Å². The van der Waals surface area contributed by atoms with Gasteiger partial charge in [0.25, 0.3) is 0 Å². The Morgan fingerprint density at radius 2 is 2.40 bits per heavy atom. The fourth-order valence-corrected chi connectivity index (χ4v) is 1.89. The first-order chi connectivity index (χ1) is 7.34. The maximum absolute atomic E-state index is 4.50. The molecule has 0 aliphatic carbocycles. The molecule has 0 amide bonds. The van der Waals surface area contributed by atoms with Crippen molar-refractivity contribution < 1.29 is 0 Å². The molecule has 0 fully saturated rings. The predicted octanol–water partition coefficient (Wildman–Crippen LogP) is 1.43. The Labute approximate surface area is 88.0 Å². The number of rotatable bonds is 1. The zero-order valence-electron chi connectivity index (χ0n) is 8.51. The predicted molar refractivity (Wildman–Crippen MR) is 56.6 cm³/mol. The van der Waals surface area contributed by atoms with Gasteiger partial charge < -0.3 is 5.32 Å². The molecule has 0 aromatic carbocycles. The second kappa shape index (κ2) is 3.17. The minimum atomic E-state index is 0.400. The summed E-state index contributed by atoms with van der Waals surface area (Å²) in [5, 5.41) is 7.85. The third kappa shape index (κ3) is 1.34. The summed E-state index contributed by atoms with van der Waals surface area (Å²) in [5.74, 6) is 0.874. The minimum absolute atomic E-state index is 0.400. The van der Waals surface area contributed by atoms with E-state index in [4.69, 9.17) is 0 Å². The third-order valence-electron chi connectivity index (χ3n) is 2.75. The number of nitrogens with zero attached hydrogens (tertiary/aromatic N) is 3. The van der Waals surface area contributed by atoms with E-state index in [0.717, 1.165) is 18.1 Å². The molecule has 2 aromatic heterocycles. The average molecular weight is 200 g/mol. The number of hydrogen-bond donors (Lipinski definition) is 1. The molecule has 15 heavy (non-hydrogen) atoms. The lowest BCUT2D eigenvalue weighted by Gasteiger charge is -2.02. The van der Waals surface area contributed by atoms with E-state index in [0.29, 0.717) is 6.04 Å². The Balaban J connectivity index is 2.05. The molecule has 76 valence electrons. The van der Waals surface area contributed by atoms with Crippen molar-refractivity contribution in [1.82, 2.24) is 20.1 Å². The van der Waals surface area contributed by atoms with Crippen molar-refractivity contribution in [3.63, 3.8) is 0 Å². The second-order valence-electron chi connectivity index (χ2n) is 3.77. The van der Waals surface area contributed by atoms with E-state index < -0.39 is 0 Å². The van der Waals surface area contributed by atoms with Crippen molar-refractivity contribution >= 4 is 0 Å². The first kappa shape index (κ1) is 8.61. The topological polar surface area (TPSA) is 42.7 Å². The molecule has 0 radical (unpaired) electrons. The molecule has 4 heteroatoms. The van der Waals surface area contributed by atoms with E-state index in [1.54, 1.807) is 6.20 Å². The van der Waals surface area contributed by atoms with Crippen molar-refractivity contribution in [2.75, 3.05) is 0 Å².